The van der Waals surface area contributed by atoms with Crippen molar-refractivity contribution in [3.63, 3.8) is 0 Å². The van der Waals surface area contributed by atoms with E-state index in [1.807, 2.05) is 0 Å². The van der Waals surface area contributed by atoms with Crippen molar-refractivity contribution in [3.8, 4) is 0 Å². The van der Waals surface area contributed by atoms with Gasteiger partial charge in [0.25, 0.3) is 0 Å². The number of likely N-dealkylation sites (tertiary alicyclic amines) is 1. The van der Waals surface area contributed by atoms with E-state index in [1.165, 1.54) is 24.2 Å². The molecule has 6 heteroatoms. The summed E-state index contributed by atoms with van der Waals surface area (Å²) in [5, 5.41) is 2.33. The SMILES string of the molecule is CC1CCCC(C)N1NC1CCN(CC(F)(F)F)CC1. The van der Waals surface area contributed by atoms with Crippen LogP contribution in [0.5, 0.6) is 0 Å². The third-order valence-corrected chi connectivity index (χ3v) is 4.52. The molecule has 118 valence electrons. The van der Waals surface area contributed by atoms with Gasteiger partial charge in [0.05, 0.1) is 6.54 Å². The quantitative estimate of drug-likeness (QED) is 0.863. The first-order chi connectivity index (χ1) is 9.35. The fraction of sp³-hybridized carbons (Fsp3) is 1.00. The number of nitrogens with one attached hydrogen (secondary N) is 1. The molecule has 0 spiro atoms. The summed E-state index contributed by atoms with van der Waals surface area (Å²) in [5.74, 6) is 0. The molecule has 0 radical (unpaired) electrons. The molecule has 2 unspecified atom stereocenters. The molecule has 2 fully saturated rings. The van der Waals surface area contributed by atoms with Crippen LogP contribution >= 0.6 is 0 Å². The van der Waals surface area contributed by atoms with Gasteiger partial charge >= 0.3 is 6.18 Å². The first-order valence-corrected chi connectivity index (χ1v) is 7.69. The van der Waals surface area contributed by atoms with Crippen molar-refractivity contribution in [1.29, 1.82) is 0 Å². The Kier molecular flexibility index (Phi) is 5.31. The van der Waals surface area contributed by atoms with Crippen LogP contribution in [0.3, 0.4) is 0 Å². The second kappa shape index (κ2) is 6.62. The molecule has 2 atom stereocenters. The van der Waals surface area contributed by atoms with Crippen molar-refractivity contribution in [2.45, 2.75) is 70.3 Å². The highest BCUT2D eigenvalue weighted by atomic mass is 19.4. The van der Waals surface area contributed by atoms with Crippen LogP contribution in [-0.2, 0) is 0 Å². The second-order valence-electron chi connectivity index (χ2n) is 6.33. The van der Waals surface area contributed by atoms with E-state index in [0.29, 0.717) is 31.2 Å². The minimum atomic E-state index is -4.07. The van der Waals surface area contributed by atoms with Gasteiger partial charge in [-0.05, 0) is 39.5 Å². The van der Waals surface area contributed by atoms with Gasteiger partial charge in [-0.25, -0.2) is 5.01 Å². The van der Waals surface area contributed by atoms with Gasteiger partial charge in [-0.15, -0.1) is 0 Å². The maximum absolute atomic E-state index is 12.3. The summed E-state index contributed by atoms with van der Waals surface area (Å²) in [5.41, 5.74) is 3.57. The Balaban J connectivity index is 1.76. The zero-order chi connectivity index (χ0) is 14.8. The Morgan fingerprint density at radius 1 is 1.00 bits per heavy atom. The average Bonchev–Trinajstić information content (AvgIpc) is 2.34. The van der Waals surface area contributed by atoms with Gasteiger partial charge in [0.2, 0.25) is 0 Å². The second-order valence-corrected chi connectivity index (χ2v) is 6.33. The molecular weight excluding hydrogens is 267 g/mol. The Bertz CT molecular complexity index is 291. The van der Waals surface area contributed by atoms with E-state index in [9.17, 15) is 13.2 Å². The molecule has 0 aromatic rings. The summed E-state index contributed by atoms with van der Waals surface area (Å²) >= 11 is 0. The lowest BCUT2D eigenvalue weighted by molar-refractivity contribution is -0.148. The minimum absolute atomic E-state index is 0.322. The molecule has 2 rings (SSSR count). The first-order valence-electron chi connectivity index (χ1n) is 7.69. The number of alkyl halides is 3. The number of hydrogen-bond donors (Lipinski definition) is 1. The van der Waals surface area contributed by atoms with E-state index < -0.39 is 12.7 Å². The topological polar surface area (TPSA) is 18.5 Å². The standard InChI is InChI=1S/C14H26F3N3/c1-11-4-3-5-12(2)20(11)18-13-6-8-19(9-7-13)10-14(15,16)17/h11-13,18H,3-10H2,1-2H3. The Morgan fingerprint density at radius 2 is 1.55 bits per heavy atom. The zero-order valence-corrected chi connectivity index (χ0v) is 12.4. The summed E-state index contributed by atoms with van der Waals surface area (Å²) in [4.78, 5) is 1.52. The van der Waals surface area contributed by atoms with Crippen LogP contribution in [0.4, 0.5) is 13.2 Å². The van der Waals surface area contributed by atoms with Crippen LogP contribution in [0.1, 0.15) is 46.0 Å². The van der Waals surface area contributed by atoms with Gasteiger partial charge in [0.15, 0.2) is 0 Å². The van der Waals surface area contributed by atoms with E-state index >= 15 is 0 Å². The summed E-state index contributed by atoms with van der Waals surface area (Å²) in [7, 11) is 0. The van der Waals surface area contributed by atoms with Crippen LogP contribution in [0, 0.1) is 0 Å². The fourth-order valence-corrected chi connectivity index (χ4v) is 3.36. The first kappa shape index (κ1) is 16.0. The molecule has 2 saturated heterocycles. The highest BCUT2D eigenvalue weighted by molar-refractivity contribution is 4.82. The van der Waals surface area contributed by atoms with Crippen LogP contribution in [-0.4, -0.2) is 53.8 Å². The van der Waals surface area contributed by atoms with Crippen molar-refractivity contribution in [2.75, 3.05) is 19.6 Å². The van der Waals surface area contributed by atoms with Crippen LogP contribution in [0.15, 0.2) is 0 Å². The van der Waals surface area contributed by atoms with Crippen molar-refractivity contribution >= 4 is 0 Å². The van der Waals surface area contributed by atoms with Gasteiger partial charge in [0.1, 0.15) is 0 Å². The van der Waals surface area contributed by atoms with Gasteiger partial charge in [-0.2, -0.15) is 13.2 Å². The van der Waals surface area contributed by atoms with Crippen molar-refractivity contribution < 1.29 is 13.2 Å². The Hall–Kier alpha value is -0.330. The maximum atomic E-state index is 12.3. The molecule has 3 nitrogen and oxygen atoms in total. The molecule has 0 aromatic carbocycles. The lowest BCUT2D eigenvalue weighted by atomic mass is 9.99. The predicted molar refractivity (Wildman–Crippen MR) is 73.3 cm³/mol. The smallest absolute Gasteiger partial charge is 0.295 e. The van der Waals surface area contributed by atoms with Gasteiger partial charge in [-0.3, -0.25) is 10.3 Å². The van der Waals surface area contributed by atoms with E-state index in [4.69, 9.17) is 0 Å². The van der Waals surface area contributed by atoms with Crippen molar-refractivity contribution in [1.82, 2.24) is 15.3 Å². The number of hydrogen-bond acceptors (Lipinski definition) is 3. The lowest BCUT2D eigenvalue weighted by Crippen LogP contribution is -2.57. The molecule has 20 heavy (non-hydrogen) atoms. The van der Waals surface area contributed by atoms with E-state index in [2.05, 4.69) is 24.3 Å². The van der Waals surface area contributed by atoms with Crippen LogP contribution in [0.25, 0.3) is 0 Å². The Labute approximate surface area is 119 Å². The van der Waals surface area contributed by atoms with Gasteiger partial charge < -0.3 is 0 Å². The molecule has 0 aromatic heterocycles. The molecule has 0 saturated carbocycles. The normalized spacial score (nSPS) is 31.6. The monoisotopic (exact) mass is 293 g/mol. The van der Waals surface area contributed by atoms with Gasteiger partial charge in [0, 0.05) is 31.2 Å². The third kappa shape index (κ3) is 4.60. The largest absolute Gasteiger partial charge is 0.401 e. The number of hydrazine groups is 1. The predicted octanol–water partition coefficient (Wildman–Crippen LogP) is 2.78. The summed E-state index contributed by atoms with van der Waals surface area (Å²) in [6.45, 7) is 4.75. The fourth-order valence-electron chi connectivity index (χ4n) is 3.36. The van der Waals surface area contributed by atoms with Crippen molar-refractivity contribution in [2.24, 2.45) is 0 Å². The molecule has 2 heterocycles. The van der Waals surface area contributed by atoms with Crippen LogP contribution < -0.4 is 5.43 Å². The van der Waals surface area contributed by atoms with Crippen LogP contribution in [0.2, 0.25) is 0 Å². The summed E-state index contributed by atoms with van der Waals surface area (Å²) in [6, 6.07) is 1.36. The third-order valence-electron chi connectivity index (χ3n) is 4.52. The molecule has 1 N–H and O–H groups in total. The summed E-state index contributed by atoms with van der Waals surface area (Å²) in [6.07, 6.45) is 1.19. The molecular formula is C14H26F3N3. The zero-order valence-electron chi connectivity index (χ0n) is 12.4. The van der Waals surface area contributed by atoms with E-state index in [1.54, 1.807) is 0 Å². The Morgan fingerprint density at radius 3 is 2.05 bits per heavy atom. The lowest BCUT2D eigenvalue weighted by Gasteiger charge is -2.43. The average molecular weight is 293 g/mol. The van der Waals surface area contributed by atoms with Gasteiger partial charge in [-0.1, -0.05) is 6.42 Å². The number of nitrogens with zero attached hydrogens (tertiary/aromatic N) is 2. The van der Waals surface area contributed by atoms with E-state index in [-0.39, 0.29) is 0 Å². The summed E-state index contributed by atoms with van der Waals surface area (Å²) < 4.78 is 37.0. The molecule has 0 amide bonds. The van der Waals surface area contributed by atoms with Crippen molar-refractivity contribution in [3.05, 3.63) is 0 Å². The molecule has 2 aliphatic heterocycles. The molecule has 2 aliphatic rings. The number of halogens is 3. The highest BCUT2D eigenvalue weighted by Crippen LogP contribution is 2.23. The molecule has 0 bridgehead atoms. The highest BCUT2D eigenvalue weighted by Gasteiger charge is 2.33. The maximum Gasteiger partial charge on any atom is 0.401 e. The number of rotatable bonds is 3. The minimum Gasteiger partial charge on any atom is -0.295 e. The van der Waals surface area contributed by atoms with E-state index in [0.717, 1.165) is 12.8 Å². The number of piperidine rings is 2. The molecule has 0 aliphatic carbocycles.